The SMILES string of the molecule is Cc1cc(C)n(-c2cccc(-c3nc4cc(N)c(N)cc4[nH]3)n2)n1. The molecule has 0 bridgehead atoms. The Labute approximate surface area is 138 Å². The summed E-state index contributed by atoms with van der Waals surface area (Å²) in [6, 6.07) is 11.3. The smallest absolute Gasteiger partial charge is 0.157 e. The van der Waals surface area contributed by atoms with Crippen LogP contribution in [0.1, 0.15) is 11.4 Å². The number of hydrogen-bond donors (Lipinski definition) is 3. The van der Waals surface area contributed by atoms with Gasteiger partial charge in [-0.15, -0.1) is 0 Å². The molecular formula is C17H17N7. The van der Waals surface area contributed by atoms with Gasteiger partial charge in [-0.25, -0.2) is 14.6 Å². The van der Waals surface area contributed by atoms with Crippen LogP contribution in [0.4, 0.5) is 11.4 Å². The number of pyridine rings is 1. The maximum absolute atomic E-state index is 5.85. The van der Waals surface area contributed by atoms with Crippen molar-refractivity contribution >= 4 is 22.4 Å². The van der Waals surface area contributed by atoms with Gasteiger partial charge in [-0.3, -0.25) is 0 Å². The van der Waals surface area contributed by atoms with Gasteiger partial charge in [-0.05, 0) is 44.2 Å². The fraction of sp³-hybridized carbons (Fsp3) is 0.118. The molecule has 0 saturated heterocycles. The average Bonchev–Trinajstić information content (AvgIpc) is 3.10. The van der Waals surface area contributed by atoms with Crippen molar-refractivity contribution in [1.82, 2.24) is 24.7 Å². The van der Waals surface area contributed by atoms with E-state index in [0.29, 0.717) is 17.2 Å². The largest absolute Gasteiger partial charge is 0.397 e. The number of aromatic nitrogens is 5. The van der Waals surface area contributed by atoms with Crippen molar-refractivity contribution < 1.29 is 0 Å². The van der Waals surface area contributed by atoms with E-state index in [1.165, 1.54) is 0 Å². The molecule has 120 valence electrons. The van der Waals surface area contributed by atoms with Crippen molar-refractivity contribution in [2.45, 2.75) is 13.8 Å². The lowest BCUT2D eigenvalue weighted by molar-refractivity contribution is 0.806. The van der Waals surface area contributed by atoms with E-state index in [4.69, 9.17) is 11.5 Å². The molecule has 7 nitrogen and oxygen atoms in total. The van der Waals surface area contributed by atoms with Crippen LogP contribution in [0.5, 0.6) is 0 Å². The zero-order valence-electron chi connectivity index (χ0n) is 13.4. The number of nitrogens with one attached hydrogen (secondary N) is 1. The Bertz CT molecular complexity index is 1020. The lowest BCUT2D eigenvalue weighted by atomic mass is 10.2. The number of fused-ring (bicyclic) bond motifs is 1. The fourth-order valence-corrected chi connectivity index (χ4v) is 2.74. The van der Waals surface area contributed by atoms with Crippen molar-refractivity contribution in [2.75, 3.05) is 11.5 Å². The molecule has 0 amide bonds. The second kappa shape index (κ2) is 5.09. The minimum Gasteiger partial charge on any atom is -0.397 e. The fourth-order valence-electron chi connectivity index (χ4n) is 2.74. The van der Waals surface area contributed by atoms with Gasteiger partial charge in [0.1, 0.15) is 5.69 Å². The number of imidazole rings is 1. The second-order valence-electron chi connectivity index (χ2n) is 5.80. The van der Waals surface area contributed by atoms with Crippen LogP contribution in [0.2, 0.25) is 0 Å². The van der Waals surface area contributed by atoms with E-state index in [-0.39, 0.29) is 0 Å². The summed E-state index contributed by atoms with van der Waals surface area (Å²) >= 11 is 0. The number of aryl methyl sites for hydroxylation is 2. The van der Waals surface area contributed by atoms with Crippen LogP contribution in [0.15, 0.2) is 36.4 Å². The molecule has 5 N–H and O–H groups in total. The Morgan fingerprint density at radius 2 is 1.79 bits per heavy atom. The first kappa shape index (κ1) is 14.3. The first-order valence-corrected chi connectivity index (χ1v) is 7.57. The molecule has 4 rings (SSSR count). The molecule has 7 heteroatoms. The minimum absolute atomic E-state index is 0.518. The molecule has 0 unspecified atom stereocenters. The first-order chi connectivity index (χ1) is 11.5. The zero-order chi connectivity index (χ0) is 16.8. The van der Waals surface area contributed by atoms with E-state index < -0.39 is 0 Å². The second-order valence-corrected chi connectivity index (χ2v) is 5.80. The van der Waals surface area contributed by atoms with Crippen LogP contribution >= 0.6 is 0 Å². The molecule has 0 aliphatic carbocycles. The van der Waals surface area contributed by atoms with E-state index in [1.807, 2.05) is 42.8 Å². The molecule has 0 atom stereocenters. The first-order valence-electron chi connectivity index (χ1n) is 7.57. The summed E-state index contributed by atoms with van der Waals surface area (Å²) in [4.78, 5) is 12.5. The van der Waals surface area contributed by atoms with Crippen molar-refractivity contribution in [3.05, 3.63) is 47.8 Å². The van der Waals surface area contributed by atoms with E-state index in [0.717, 1.165) is 33.9 Å². The summed E-state index contributed by atoms with van der Waals surface area (Å²) in [5, 5.41) is 4.47. The molecule has 0 saturated carbocycles. The molecule has 0 aliphatic rings. The monoisotopic (exact) mass is 319 g/mol. The number of benzene rings is 1. The van der Waals surface area contributed by atoms with Gasteiger partial charge in [0.2, 0.25) is 0 Å². The third-order valence-electron chi connectivity index (χ3n) is 3.89. The third-order valence-corrected chi connectivity index (χ3v) is 3.89. The number of nitrogens with two attached hydrogens (primary N) is 2. The molecule has 24 heavy (non-hydrogen) atoms. The highest BCUT2D eigenvalue weighted by Crippen LogP contribution is 2.25. The normalized spacial score (nSPS) is 11.2. The van der Waals surface area contributed by atoms with E-state index in [1.54, 1.807) is 12.1 Å². The highest BCUT2D eigenvalue weighted by atomic mass is 15.3. The van der Waals surface area contributed by atoms with Gasteiger partial charge >= 0.3 is 0 Å². The van der Waals surface area contributed by atoms with Gasteiger partial charge in [-0.2, -0.15) is 5.10 Å². The van der Waals surface area contributed by atoms with Crippen molar-refractivity contribution in [1.29, 1.82) is 0 Å². The summed E-state index contributed by atoms with van der Waals surface area (Å²) < 4.78 is 1.82. The third kappa shape index (κ3) is 2.26. The van der Waals surface area contributed by atoms with Crippen LogP contribution < -0.4 is 11.5 Å². The molecule has 0 radical (unpaired) electrons. The number of H-pyrrole nitrogens is 1. The quantitative estimate of drug-likeness (QED) is 0.492. The van der Waals surface area contributed by atoms with E-state index >= 15 is 0 Å². The van der Waals surface area contributed by atoms with E-state index in [2.05, 4.69) is 20.1 Å². The average molecular weight is 319 g/mol. The maximum Gasteiger partial charge on any atom is 0.157 e. The standard InChI is InChI=1S/C17H17N7/c1-9-6-10(2)24(23-9)16-5-3-4-13(20-16)17-21-14-7-11(18)12(19)8-15(14)22-17/h3-8H,18-19H2,1-2H3,(H,21,22). The summed E-state index contributed by atoms with van der Waals surface area (Å²) in [6.07, 6.45) is 0. The van der Waals surface area contributed by atoms with E-state index in [9.17, 15) is 0 Å². The molecule has 1 aromatic carbocycles. The number of nitrogens with zero attached hydrogens (tertiary/aromatic N) is 4. The van der Waals surface area contributed by atoms with Gasteiger partial charge in [0.05, 0.1) is 28.1 Å². The summed E-state index contributed by atoms with van der Waals surface area (Å²) in [6.45, 7) is 3.96. The Morgan fingerprint density at radius 3 is 2.54 bits per heavy atom. The topological polar surface area (TPSA) is 111 Å². The Balaban J connectivity index is 1.82. The van der Waals surface area contributed by atoms with Crippen molar-refractivity contribution in [2.24, 2.45) is 0 Å². The number of aromatic amines is 1. The van der Waals surface area contributed by atoms with Crippen LogP contribution in [0.25, 0.3) is 28.4 Å². The molecule has 4 aromatic rings. The number of anilines is 2. The van der Waals surface area contributed by atoms with Crippen LogP contribution in [-0.2, 0) is 0 Å². The van der Waals surface area contributed by atoms with Gasteiger partial charge in [0, 0.05) is 5.69 Å². The maximum atomic E-state index is 5.85. The molecular weight excluding hydrogens is 302 g/mol. The van der Waals surface area contributed by atoms with Gasteiger partial charge in [0.25, 0.3) is 0 Å². The summed E-state index contributed by atoms with van der Waals surface area (Å²) in [5.74, 6) is 1.41. The van der Waals surface area contributed by atoms with Gasteiger partial charge in [0.15, 0.2) is 11.6 Å². The Hall–Kier alpha value is -3.35. The van der Waals surface area contributed by atoms with Crippen LogP contribution in [0.3, 0.4) is 0 Å². The van der Waals surface area contributed by atoms with Crippen molar-refractivity contribution in [3.8, 4) is 17.3 Å². The lowest BCUT2D eigenvalue weighted by Gasteiger charge is -2.04. The van der Waals surface area contributed by atoms with Gasteiger partial charge < -0.3 is 16.5 Å². The lowest BCUT2D eigenvalue weighted by Crippen LogP contribution is -2.02. The Kier molecular flexibility index (Phi) is 3.02. The van der Waals surface area contributed by atoms with Crippen LogP contribution in [-0.4, -0.2) is 24.7 Å². The van der Waals surface area contributed by atoms with Gasteiger partial charge in [-0.1, -0.05) is 6.07 Å². The number of hydrogen-bond acceptors (Lipinski definition) is 5. The zero-order valence-corrected chi connectivity index (χ0v) is 13.4. The molecule has 3 aromatic heterocycles. The molecule has 3 heterocycles. The molecule has 0 fully saturated rings. The molecule has 0 aliphatic heterocycles. The minimum atomic E-state index is 0.518. The summed E-state index contributed by atoms with van der Waals surface area (Å²) in [5.41, 5.74) is 17.0. The van der Waals surface area contributed by atoms with Crippen molar-refractivity contribution in [3.63, 3.8) is 0 Å². The predicted molar refractivity (Wildman–Crippen MR) is 94.7 cm³/mol. The number of rotatable bonds is 2. The number of nitrogen functional groups attached to an aromatic ring is 2. The Morgan fingerprint density at radius 1 is 1.00 bits per heavy atom. The molecule has 0 spiro atoms. The van der Waals surface area contributed by atoms with Crippen LogP contribution in [0, 0.1) is 13.8 Å². The highest BCUT2D eigenvalue weighted by Gasteiger charge is 2.11. The summed E-state index contributed by atoms with van der Waals surface area (Å²) in [7, 11) is 0. The predicted octanol–water partition coefficient (Wildman–Crippen LogP) is 2.59. The highest BCUT2D eigenvalue weighted by molar-refractivity contribution is 5.87.